The van der Waals surface area contributed by atoms with E-state index in [9.17, 15) is 26.7 Å². The van der Waals surface area contributed by atoms with E-state index in [-0.39, 0.29) is 29.5 Å². The molecule has 2 aromatic rings. The molecule has 0 saturated carbocycles. The van der Waals surface area contributed by atoms with E-state index in [1.807, 2.05) is 0 Å². The second kappa shape index (κ2) is 11.8. The summed E-state index contributed by atoms with van der Waals surface area (Å²) in [5, 5.41) is 2.94. The first-order chi connectivity index (χ1) is 18.5. The van der Waals surface area contributed by atoms with Crippen LogP contribution < -0.4 is 11.1 Å². The third kappa shape index (κ3) is 6.07. The summed E-state index contributed by atoms with van der Waals surface area (Å²) in [5.41, 5.74) is 4.57. The molecule has 0 spiro atoms. The fourth-order valence-corrected chi connectivity index (χ4v) is 5.34. The van der Waals surface area contributed by atoms with Crippen LogP contribution in [0.15, 0.2) is 18.2 Å². The molecule has 1 unspecified atom stereocenters. The van der Waals surface area contributed by atoms with Gasteiger partial charge in [0.15, 0.2) is 5.78 Å². The van der Waals surface area contributed by atoms with Crippen LogP contribution in [-0.4, -0.2) is 48.2 Å². The summed E-state index contributed by atoms with van der Waals surface area (Å²) in [6.07, 6.45) is -0.552. The van der Waals surface area contributed by atoms with Gasteiger partial charge < -0.3 is 20.5 Å². The number of fused-ring (bicyclic) bond motifs is 1. The highest BCUT2D eigenvalue weighted by Crippen LogP contribution is 2.38. The number of ketones is 1. The van der Waals surface area contributed by atoms with Crippen molar-refractivity contribution in [2.45, 2.75) is 69.4 Å². The summed E-state index contributed by atoms with van der Waals surface area (Å²) in [5.74, 6) is -5.35. The van der Waals surface area contributed by atoms with Crippen molar-refractivity contribution in [2.24, 2.45) is 11.7 Å². The Balaban J connectivity index is 1.56. The molecule has 214 valence electrons. The first-order valence-corrected chi connectivity index (χ1v) is 13.0. The standard InChI is InChI=1S/C27H33F5N4O3/c1-15(17-4-3-5-18(22(17)28)23(29)30)34-24-19-12-16(13-20(19)35-25(36-24)27(31,32)14-33)6-7-21(37)26(38-2)8-10-39-11-9-26/h3-5,15-16,23H,6-14,33H2,1-2H3,(H,34,35,36)/t15-,16?/m1/s1. The Bertz CT molecular complexity index is 1190. The fourth-order valence-electron chi connectivity index (χ4n) is 5.34. The van der Waals surface area contributed by atoms with E-state index in [1.165, 1.54) is 26.2 Å². The van der Waals surface area contributed by atoms with Crippen molar-refractivity contribution in [1.82, 2.24) is 9.97 Å². The van der Waals surface area contributed by atoms with Gasteiger partial charge in [-0.05, 0) is 32.1 Å². The number of alkyl halides is 4. The average molecular weight is 557 g/mol. The molecule has 7 nitrogen and oxygen atoms in total. The first kappa shape index (κ1) is 29.3. The van der Waals surface area contributed by atoms with Crippen LogP contribution in [0.5, 0.6) is 0 Å². The molecule has 2 aliphatic rings. The smallest absolute Gasteiger partial charge is 0.318 e. The van der Waals surface area contributed by atoms with Gasteiger partial charge in [0.1, 0.15) is 17.2 Å². The van der Waals surface area contributed by atoms with E-state index in [1.54, 1.807) is 0 Å². The normalized spacial score (nSPS) is 19.7. The highest BCUT2D eigenvalue weighted by molar-refractivity contribution is 5.87. The molecule has 1 aromatic carbocycles. The number of ether oxygens (including phenoxy) is 2. The van der Waals surface area contributed by atoms with E-state index in [0.29, 0.717) is 56.6 Å². The van der Waals surface area contributed by atoms with Crippen molar-refractivity contribution in [2.75, 3.05) is 32.2 Å². The number of anilines is 1. The van der Waals surface area contributed by atoms with Gasteiger partial charge in [-0.3, -0.25) is 4.79 Å². The van der Waals surface area contributed by atoms with Gasteiger partial charge in [-0.25, -0.2) is 23.1 Å². The number of halogens is 5. The van der Waals surface area contributed by atoms with Gasteiger partial charge in [-0.1, -0.05) is 18.2 Å². The summed E-state index contributed by atoms with van der Waals surface area (Å²) in [6, 6.07) is 2.80. The Morgan fingerprint density at radius 1 is 1.23 bits per heavy atom. The average Bonchev–Trinajstić information content (AvgIpc) is 3.35. The van der Waals surface area contributed by atoms with E-state index < -0.39 is 47.7 Å². The zero-order chi connectivity index (χ0) is 28.4. The molecule has 1 saturated heterocycles. The van der Waals surface area contributed by atoms with E-state index in [0.717, 1.165) is 6.07 Å². The highest BCUT2D eigenvalue weighted by atomic mass is 19.3. The molecule has 1 aliphatic heterocycles. The van der Waals surface area contributed by atoms with Crippen LogP contribution in [0.4, 0.5) is 27.8 Å². The number of carbonyl (C=O) groups excluding carboxylic acids is 1. The number of methoxy groups -OCH3 is 1. The number of hydrogen-bond acceptors (Lipinski definition) is 7. The van der Waals surface area contributed by atoms with Crippen LogP contribution in [0.25, 0.3) is 0 Å². The van der Waals surface area contributed by atoms with Crippen molar-refractivity contribution < 1.29 is 36.2 Å². The second-order valence-corrected chi connectivity index (χ2v) is 10.2. The first-order valence-electron chi connectivity index (χ1n) is 13.0. The van der Waals surface area contributed by atoms with Crippen LogP contribution in [-0.2, 0) is 33.0 Å². The number of rotatable bonds is 11. The summed E-state index contributed by atoms with van der Waals surface area (Å²) >= 11 is 0. The molecule has 2 heterocycles. The Labute approximate surface area is 223 Å². The quantitative estimate of drug-likeness (QED) is 0.374. The minimum absolute atomic E-state index is 0.0212. The Kier molecular flexibility index (Phi) is 8.87. The third-order valence-electron chi connectivity index (χ3n) is 7.74. The van der Waals surface area contributed by atoms with Gasteiger partial charge in [-0.2, -0.15) is 8.78 Å². The minimum atomic E-state index is -3.50. The maximum atomic E-state index is 14.8. The summed E-state index contributed by atoms with van der Waals surface area (Å²) in [7, 11) is 1.52. The lowest BCUT2D eigenvalue weighted by Crippen LogP contribution is -2.45. The Hall–Kier alpha value is -2.70. The predicted octanol–water partition coefficient (Wildman–Crippen LogP) is 5.04. The Morgan fingerprint density at radius 2 is 1.92 bits per heavy atom. The van der Waals surface area contributed by atoms with Crippen LogP contribution >= 0.6 is 0 Å². The number of carbonyl (C=O) groups is 1. The molecule has 39 heavy (non-hydrogen) atoms. The molecule has 1 fully saturated rings. The van der Waals surface area contributed by atoms with Gasteiger partial charge in [-0.15, -0.1) is 0 Å². The van der Waals surface area contributed by atoms with Gasteiger partial charge in [0.25, 0.3) is 6.43 Å². The predicted molar refractivity (Wildman–Crippen MR) is 133 cm³/mol. The lowest BCUT2D eigenvalue weighted by atomic mass is 9.85. The lowest BCUT2D eigenvalue weighted by Gasteiger charge is -2.34. The SMILES string of the molecule is COC1(C(=O)CCC2Cc3nc(C(F)(F)CN)nc(N[C@H](C)c4cccc(C(F)F)c4F)c3C2)CCOCC1. The molecule has 1 aromatic heterocycles. The van der Waals surface area contributed by atoms with Gasteiger partial charge >= 0.3 is 5.92 Å². The molecule has 0 radical (unpaired) electrons. The zero-order valence-corrected chi connectivity index (χ0v) is 21.9. The van der Waals surface area contributed by atoms with Crippen molar-refractivity contribution in [3.63, 3.8) is 0 Å². The van der Waals surface area contributed by atoms with Crippen molar-refractivity contribution in [3.05, 3.63) is 52.2 Å². The van der Waals surface area contributed by atoms with E-state index in [2.05, 4.69) is 15.3 Å². The molecule has 1 aliphatic carbocycles. The maximum Gasteiger partial charge on any atom is 0.318 e. The minimum Gasteiger partial charge on any atom is -0.381 e. The van der Waals surface area contributed by atoms with Crippen LogP contribution in [0.1, 0.15) is 73.3 Å². The lowest BCUT2D eigenvalue weighted by molar-refractivity contribution is -0.153. The van der Waals surface area contributed by atoms with E-state index >= 15 is 0 Å². The zero-order valence-electron chi connectivity index (χ0n) is 21.9. The molecule has 0 bridgehead atoms. The van der Waals surface area contributed by atoms with Crippen LogP contribution in [0.3, 0.4) is 0 Å². The van der Waals surface area contributed by atoms with Gasteiger partial charge in [0.2, 0.25) is 5.82 Å². The highest BCUT2D eigenvalue weighted by Gasteiger charge is 2.41. The number of nitrogens with one attached hydrogen (secondary N) is 1. The summed E-state index contributed by atoms with van der Waals surface area (Å²) in [6.45, 7) is 1.41. The molecule has 2 atom stereocenters. The molecule has 12 heteroatoms. The largest absolute Gasteiger partial charge is 0.381 e. The third-order valence-corrected chi connectivity index (χ3v) is 7.74. The molecular formula is C27H33F5N4O3. The number of nitrogens with zero attached hydrogens (tertiary/aromatic N) is 2. The van der Waals surface area contributed by atoms with Gasteiger partial charge in [0.05, 0.1) is 18.2 Å². The Morgan fingerprint density at radius 3 is 2.56 bits per heavy atom. The van der Waals surface area contributed by atoms with Gasteiger partial charge in [0, 0.05) is 56.4 Å². The van der Waals surface area contributed by atoms with Crippen LogP contribution in [0.2, 0.25) is 0 Å². The molecule has 3 N–H and O–H groups in total. The molecular weight excluding hydrogens is 523 g/mol. The maximum absolute atomic E-state index is 14.8. The number of benzene rings is 1. The summed E-state index contributed by atoms with van der Waals surface area (Å²) < 4.78 is 81.3. The van der Waals surface area contributed by atoms with Crippen molar-refractivity contribution >= 4 is 11.6 Å². The second-order valence-electron chi connectivity index (χ2n) is 10.2. The van der Waals surface area contributed by atoms with Crippen molar-refractivity contribution in [1.29, 1.82) is 0 Å². The number of nitrogens with two attached hydrogens (primary N) is 1. The van der Waals surface area contributed by atoms with E-state index in [4.69, 9.17) is 15.2 Å². The fraction of sp³-hybridized carbons (Fsp3) is 0.593. The van der Waals surface area contributed by atoms with Crippen molar-refractivity contribution in [3.8, 4) is 0 Å². The molecule has 4 rings (SSSR count). The monoisotopic (exact) mass is 556 g/mol. The number of hydrogen-bond donors (Lipinski definition) is 2. The number of aromatic nitrogens is 2. The summed E-state index contributed by atoms with van der Waals surface area (Å²) in [4.78, 5) is 21.2. The topological polar surface area (TPSA) is 99.4 Å². The number of Topliss-reactive ketones (excluding diaryl/α,β-unsaturated/α-hetero) is 1. The molecule has 0 amide bonds. The van der Waals surface area contributed by atoms with Crippen LogP contribution in [0, 0.1) is 11.7 Å².